The van der Waals surface area contributed by atoms with Crippen molar-refractivity contribution in [2.45, 2.75) is 17.4 Å². The summed E-state index contributed by atoms with van der Waals surface area (Å²) in [5, 5.41) is 11.6. The van der Waals surface area contributed by atoms with Crippen molar-refractivity contribution in [3.63, 3.8) is 0 Å². The number of rotatable bonds is 7. The fraction of sp³-hybridized carbons (Fsp3) is 0.125. The Labute approximate surface area is 189 Å². The summed E-state index contributed by atoms with van der Waals surface area (Å²) >= 11 is 0. The van der Waals surface area contributed by atoms with Crippen LogP contribution in [0.5, 0.6) is 0 Å². The van der Waals surface area contributed by atoms with Crippen molar-refractivity contribution in [3.8, 4) is 11.1 Å². The molecule has 0 radical (unpaired) electrons. The third-order valence-electron chi connectivity index (χ3n) is 5.68. The van der Waals surface area contributed by atoms with Crippen LogP contribution in [0.3, 0.4) is 0 Å². The van der Waals surface area contributed by atoms with Crippen molar-refractivity contribution in [2.75, 3.05) is 6.61 Å². The van der Waals surface area contributed by atoms with Crippen LogP contribution >= 0.6 is 0 Å². The number of aliphatic hydroxyl groups is 1. The zero-order valence-electron chi connectivity index (χ0n) is 17.4. The van der Waals surface area contributed by atoms with E-state index in [2.05, 4.69) is 19.7 Å². The van der Waals surface area contributed by atoms with Gasteiger partial charge in [-0.3, -0.25) is 0 Å². The molecule has 3 aromatic heterocycles. The second-order valence-corrected chi connectivity index (χ2v) is 9.49. The third kappa shape index (κ3) is 4.02. The number of nitrogens with zero attached hydrogens (tertiary/aromatic N) is 1. The van der Waals surface area contributed by atoms with E-state index in [9.17, 15) is 17.9 Å². The molecule has 4 N–H and O–H groups in total. The molecule has 0 spiro atoms. The zero-order valence-corrected chi connectivity index (χ0v) is 18.2. The summed E-state index contributed by atoms with van der Waals surface area (Å²) in [6.45, 7) is -0.430. The Morgan fingerprint density at radius 2 is 1.91 bits per heavy atom. The number of fused-ring (bicyclic) bond motifs is 2. The number of pyridine rings is 1. The molecule has 5 rings (SSSR count). The van der Waals surface area contributed by atoms with Crippen LogP contribution in [0.25, 0.3) is 33.1 Å². The van der Waals surface area contributed by atoms with Crippen LogP contribution in [0.1, 0.15) is 5.56 Å². The first-order chi connectivity index (χ1) is 16.0. The summed E-state index contributed by atoms with van der Waals surface area (Å²) in [7, 11) is -4.20. The smallest absolute Gasteiger partial charge is 0.243 e. The van der Waals surface area contributed by atoms with Crippen LogP contribution < -0.4 is 4.72 Å². The normalized spacial score (nSPS) is 13.0. The summed E-state index contributed by atoms with van der Waals surface area (Å²) in [4.78, 5) is 9.88. The van der Waals surface area contributed by atoms with Gasteiger partial charge in [0.05, 0.1) is 6.61 Å². The highest BCUT2D eigenvalue weighted by Crippen LogP contribution is 2.29. The minimum atomic E-state index is -4.20. The van der Waals surface area contributed by atoms with Crippen LogP contribution in [-0.2, 0) is 16.4 Å². The molecule has 0 unspecified atom stereocenters. The van der Waals surface area contributed by atoms with Gasteiger partial charge in [-0.25, -0.2) is 22.5 Å². The highest BCUT2D eigenvalue weighted by Gasteiger charge is 2.24. The van der Waals surface area contributed by atoms with Crippen molar-refractivity contribution in [2.24, 2.45) is 0 Å². The molecule has 9 heteroatoms. The number of sulfonamides is 1. The van der Waals surface area contributed by atoms with Crippen molar-refractivity contribution < 1.29 is 17.9 Å². The Kier molecular flexibility index (Phi) is 5.45. The molecule has 0 saturated carbocycles. The summed E-state index contributed by atoms with van der Waals surface area (Å²) in [6.07, 6.45) is 5.38. The molecule has 0 bridgehead atoms. The summed E-state index contributed by atoms with van der Waals surface area (Å²) in [5.74, 6) is -0.871. The first kappa shape index (κ1) is 21.3. The van der Waals surface area contributed by atoms with Crippen molar-refractivity contribution in [1.82, 2.24) is 19.7 Å². The monoisotopic (exact) mass is 464 g/mol. The molecule has 0 amide bonds. The number of hydrogen-bond donors (Lipinski definition) is 4. The Morgan fingerprint density at radius 3 is 2.73 bits per heavy atom. The zero-order chi connectivity index (χ0) is 23.0. The van der Waals surface area contributed by atoms with Crippen molar-refractivity contribution in [3.05, 3.63) is 84.6 Å². The molecular formula is C24H21FN4O3S. The molecule has 0 fully saturated rings. The summed E-state index contributed by atoms with van der Waals surface area (Å²) in [5.41, 5.74) is 3.72. The quantitative estimate of drug-likeness (QED) is 0.294. The molecule has 5 aromatic rings. The molecule has 3 heterocycles. The van der Waals surface area contributed by atoms with Gasteiger partial charge in [0.15, 0.2) is 0 Å². The van der Waals surface area contributed by atoms with Crippen molar-refractivity contribution in [1.29, 1.82) is 0 Å². The number of aliphatic hydroxyl groups excluding tert-OH is 1. The van der Waals surface area contributed by atoms with E-state index in [4.69, 9.17) is 0 Å². The lowest BCUT2D eigenvalue weighted by atomic mass is 10.0. The Morgan fingerprint density at radius 1 is 1.06 bits per heavy atom. The van der Waals surface area contributed by atoms with Crippen LogP contribution in [0.2, 0.25) is 0 Å². The van der Waals surface area contributed by atoms with E-state index in [1.165, 1.54) is 12.1 Å². The average Bonchev–Trinajstić information content (AvgIpc) is 3.45. The van der Waals surface area contributed by atoms with Gasteiger partial charge in [-0.2, -0.15) is 0 Å². The molecular weight excluding hydrogens is 443 g/mol. The lowest BCUT2D eigenvalue weighted by molar-refractivity contribution is 0.256. The van der Waals surface area contributed by atoms with Gasteiger partial charge in [0.2, 0.25) is 10.0 Å². The first-order valence-electron chi connectivity index (χ1n) is 10.4. The SMILES string of the molecule is O=S(=O)(N[C@@H](CO)Cc1c[nH]c2ccccc12)c1ccc(-c2ccnc3[nH]ccc23)cc1F. The topological polar surface area (TPSA) is 111 Å². The van der Waals surface area contributed by atoms with Gasteiger partial charge in [-0.1, -0.05) is 24.3 Å². The number of nitrogens with one attached hydrogen (secondary N) is 3. The predicted octanol–water partition coefficient (Wildman–Crippen LogP) is 3.73. The Bertz CT molecular complexity index is 1560. The molecule has 0 aliphatic carbocycles. The number of hydrogen-bond acceptors (Lipinski definition) is 4. The Hall–Kier alpha value is -3.53. The summed E-state index contributed by atoms with van der Waals surface area (Å²) < 4.78 is 43.3. The number of aromatic nitrogens is 3. The van der Waals surface area contributed by atoms with E-state index < -0.39 is 33.4 Å². The van der Waals surface area contributed by atoms with Gasteiger partial charge in [0.25, 0.3) is 0 Å². The number of H-pyrrole nitrogens is 2. The molecule has 168 valence electrons. The maximum absolute atomic E-state index is 15.0. The molecule has 0 aliphatic heterocycles. The van der Waals surface area contributed by atoms with Crippen LogP contribution in [-0.4, -0.2) is 41.1 Å². The molecule has 0 aliphatic rings. The highest BCUT2D eigenvalue weighted by molar-refractivity contribution is 7.89. The number of halogens is 1. The minimum Gasteiger partial charge on any atom is -0.395 e. The van der Waals surface area contributed by atoms with Gasteiger partial charge >= 0.3 is 0 Å². The summed E-state index contributed by atoms with van der Waals surface area (Å²) in [6, 6.07) is 14.4. The van der Waals surface area contributed by atoms with Gasteiger partial charge in [0, 0.05) is 40.9 Å². The van der Waals surface area contributed by atoms with E-state index in [0.717, 1.165) is 27.4 Å². The van der Waals surface area contributed by atoms with Crippen LogP contribution in [0.15, 0.2) is 78.1 Å². The van der Waals surface area contributed by atoms with E-state index >= 15 is 0 Å². The van der Waals surface area contributed by atoms with Gasteiger partial charge in [0.1, 0.15) is 16.4 Å². The fourth-order valence-electron chi connectivity index (χ4n) is 4.09. The van der Waals surface area contributed by atoms with E-state index in [1.54, 1.807) is 30.7 Å². The number of benzene rings is 2. The van der Waals surface area contributed by atoms with E-state index in [-0.39, 0.29) is 6.42 Å². The van der Waals surface area contributed by atoms with Gasteiger partial charge in [-0.15, -0.1) is 0 Å². The molecule has 33 heavy (non-hydrogen) atoms. The number of para-hydroxylation sites is 1. The third-order valence-corrected chi connectivity index (χ3v) is 7.23. The lowest BCUT2D eigenvalue weighted by Crippen LogP contribution is -2.39. The largest absolute Gasteiger partial charge is 0.395 e. The highest BCUT2D eigenvalue weighted by atomic mass is 32.2. The van der Waals surface area contributed by atoms with E-state index in [1.807, 2.05) is 30.3 Å². The molecule has 1 atom stereocenters. The molecule has 0 saturated heterocycles. The minimum absolute atomic E-state index is 0.252. The Balaban J connectivity index is 1.41. The molecule has 2 aromatic carbocycles. The van der Waals surface area contributed by atoms with Crippen molar-refractivity contribution >= 4 is 32.0 Å². The van der Waals surface area contributed by atoms with Crippen LogP contribution in [0, 0.1) is 5.82 Å². The van der Waals surface area contributed by atoms with Gasteiger partial charge < -0.3 is 15.1 Å². The standard InChI is InChI=1S/C24H21FN4O3S/c25-21-12-15(18-7-9-26-24-20(18)8-10-27-24)5-6-23(21)33(31,32)29-17(14-30)11-16-13-28-22-4-2-1-3-19(16)22/h1-10,12-13,17,28-30H,11,14H2,(H,26,27)/t17-/m1/s1. The van der Waals surface area contributed by atoms with Crippen LogP contribution in [0.4, 0.5) is 4.39 Å². The predicted molar refractivity (Wildman–Crippen MR) is 125 cm³/mol. The lowest BCUT2D eigenvalue weighted by Gasteiger charge is -2.17. The maximum atomic E-state index is 15.0. The maximum Gasteiger partial charge on any atom is 0.243 e. The first-order valence-corrected chi connectivity index (χ1v) is 11.8. The van der Waals surface area contributed by atoms with E-state index in [0.29, 0.717) is 11.2 Å². The fourth-order valence-corrected chi connectivity index (χ4v) is 5.38. The van der Waals surface area contributed by atoms with Gasteiger partial charge in [-0.05, 0) is 53.4 Å². The number of aromatic amines is 2. The second kappa shape index (κ2) is 8.43. The molecule has 7 nitrogen and oxygen atoms in total. The second-order valence-electron chi connectivity index (χ2n) is 7.81. The average molecular weight is 465 g/mol.